The molecule has 0 spiro atoms. The lowest BCUT2D eigenvalue weighted by Crippen LogP contribution is -2.35. The smallest absolute Gasteiger partial charge is 0.211 e. The Labute approximate surface area is 104 Å². The van der Waals surface area contributed by atoms with Gasteiger partial charge in [0.1, 0.15) is 5.78 Å². The summed E-state index contributed by atoms with van der Waals surface area (Å²) >= 11 is 0. The average Bonchev–Trinajstić information content (AvgIpc) is 2.63. The second kappa shape index (κ2) is 5.96. The lowest BCUT2D eigenvalue weighted by molar-refractivity contribution is -0.120. The number of hydrogen-bond acceptors (Lipinski definition) is 3. The van der Waals surface area contributed by atoms with Crippen LogP contribution in [0.3, 0.4) is 0 Å². The van der Waals surface area contributed by atoms with E-state index in [0.717, 1.165) is 12.8 Å². The second-order valence-corrected chi connectivity index (χ2v) is 7.31. The van der Waals surface area contributed by atoms with Crippen molar-refractivity contribution in [1.29, 1.82) is 0 Å². The Morgan fingerprint density at radius 3 is 2.47 bits per heavy atom. The van der Waals surface area contributed by atoms with Gasteiger partial charge in [0.15, 0.2) is 0 Å². The molecule has 0 aromatic carbocycles. The van der Waals surface area contributed by atoms with E-state index in [1.165, 1.54) is 0 Å². The molecule has 17 heavy (non-hydrogen) atoms. The Balaban J connectivity index is 2.42. The minimum absolute atomic E-state index is 0.0407. The maximum Gasteiger partial charge on any atom is 0.211 e. The molecule has 1 saturated carbocycles. The molecule has 0 bridgehead atoms. The SMILES string of the molecule is CC(=O)C1CCC(NS(=O)(=O)CCC(C)C)C1. The number of Topliss-reactive ketones (excluding diaryl/α,β-unsaturated/α-hetero) is 1. The second-order valence-electron chi connectivity index (χ2n) is 5.44. The van der Waals surface area contributed by atoms with Gasteiger partial charge in [-0.05, 0) is 38.5 Å². The molecule has 0 aliphatic heterocycles. The molecule has 2 unspecified atom stereocenters. The number of nitrogens with one attached hydrogen (secondary N) is 1. The zero-order chi connectivity index (χ0) is 13.1. The molecule has 1 rings (SSSR count). The van der Waals surface area contributed by atoms with Crippen LogP contribution in [0, 0.1) is 11.8 Å². The van der Waals surface area contributed by atoms with Crippen LogP contribution in [0.5, 0.6) is 0 Å². The zero-order valence-corrected chi connectivity index (χ0v) is 11.7. The monoisotopic (exact) mass is 261 g/mol. The Morgan fingerprint density at radius 1 is 1.35 bits per heavy atom. The summed E-state index contributed by atoms with van der Waals surface area (Å²) in [6.45, 7) is 5.61. The van der Waals surface area contributed by atoms with Gasteiger partial charge in [0.05, 0.1) is 5.75 Å². The fourth-order valence-electron chi connectivity index (χ4n) is 2.16. The van der Waals surface area contributed by atoms with Crippen LogP contribution in [0.1, 0.15) is 46.5 Å². The molecule has 4 nitrogen and oxygen atoms in total. The third kappa shape index (κ3) is 5.17. The first-order valence-corrected chi connectivity index (χ1v) is 7.96. The fourth-order valence-corrected chi connectivity index (χ4v) is 3.78. The highest BCUT2D eigenvalue weighted by Crippen LogP contribution is 2.26. The molecular weight excluding hydrogens is 238 g/mol. The Morgan fingerprint density at radius 2 is 2.00 bits per heavy atom. The summed E-state index contributed by atoms with van der Waals surface area (Å²) in [5.41, 5.74) is 0. The van der Waals surface area contributed by atoms with E-state index in [4.69, 9.17) is 0 Å². The van der Waals surface area contributed by atoms with E-state index in [-0.39, 0.29) is 23.5 Å². The maximum absolute atomic E-state index is 11.8. The molecule has 1 aliphatic carbocycles. The van der Waals surface area contributed by atoms with Gasteiger partial charge in [-0.15, -0.1) is 0 Å². The van der Waals surface area contributed by atoms with Crippen LogP contribution in [-0.4, -0.2) is 26.0 Å². The van der Waals surface area contributed by atoms with Crippen molar-refractivity contribution in [2.45, 2.75) is 52.5 Å². The van der Waals surface area contributed by atoms with Gasteiger partial charge in [-0.3, -0.25) is 4.79 Å². The summed E-state index contributed by atoms with van der Waals surface area (Å²) in [5.74, 6) is 0.799. The van der Waals surface area contributed by atoms with E-state index >= 15 is 0 Å². The summed E-state index contributed by atoms with van der Waals surface area (Å²) in [6, 6.07) is -0.0407. The van der Waals surface area contributed by atoms with Crippen LogP contribution < -0.4 is 4.72 Å². The highest BCUT2D eigenvalue weighted by atomic mass is 32.2. The number of rotatable bonds is 6. The van der Waals surface area contributed by atoms with Crippen molar-refractivity contribution < 1.29 is 13.2 Å². The molecular formula is C12H23NO3S. The normalized spacial score (nSPS) is 25.4. The quantitative estimate of drug-likeness (QED) is 0.791. The van der Waals surface area contributed by atoms with Crippen molar-refractivity contribution in [1.82, 2.24) is 4.72 Å². The molecule has 1 aliphatic rings. The molecule has 0 aromatic heterocycles. The molecule has 1 N–H and O–H groups in total. The van der Waals surface area contributed by atoms with Crippen molar-refractivity contribution >= 4 is 15.8 Å². The van der Waals surface area contributed by atoms with Crippen molar-refractivity contribution in [2.75, 3.05) is 5.75 Å². The topological polar surface area (TPSA) is 63.2 Å². The summed E-state index contributed by atoms with van der Waals surface area (Å²) in [6.07, 6.45) is 2.94. The standard InChI is InChI=1S/C12H23NO3S/c1-9(2)6-7-17(15,16)13-12-5-4-11(8-12)10(3)14/h9,11-13H,4-8H2,1-3H3. The highest BCUT2D eigenvalue weighted by molar-refractivity contribution is 7.89. The van der Waals surface area contributed by atoms with E-state index in [1.54, 1.807) is 6.92 Å². The van der Waals surface area contributed by atoms with E-state index in [9.17, 15) is 13.2 Å². The Bertz CT molecular complexity index is 362. The molecule has 0 heterocycles. The van der Waals surface area contributed by atoms with Crippen molar-refractivity contribution in [3.8, 4) is 0 Å². The first kappa shape index (κ1) is 14.6. The van der Waals surface area contributed by atoms with Crippen molar-refractivity contribution in [3.63, 3.8) is 0 Å². The minimum Gasteiger partial charge on any atom is -0.300 e. The van der Waals surface area contributed by atoms with Gasteiger partial charge in [-0.25, -0.2) is 13.1 Å². The molecule has 5 heteroatoms. The summed E-state index contributed by atoms with van der Waals surface area (Å²) in [7, 11) is -3.17. The maximum atomic E-state index is 11.8. The highest BCUT2D eigenvalue weighted by Gasteiger charge is 2.30. The van der Waals surface area contributed by atoms with Crippen LogP contribution in [-0.2, 0) is 14.8 Å². The number of ketones is 1. The molecule has 0 saturated heterocycles. The largest absolute Gasteiger partial charge is 0.300 e. The third-order valence-corrected chi connectivity index (χ3v) is 4.78. The molecule has 0 amide bonds. The molecule has 2 atom stereocenters. The molecule has 0 radical (unpaired) electrons. The van der Waals surface area contributed by atoms with Gasteiger partial charge in [0, 0.05) is 12.0 Å². The molecule has 0 aromatic rings. The summed E-state index contributed by atoms with van der Waals surface area (Å²) in [5, 5.41) is 0. The number of hydrogen-bond donors (Lipinski definition) is 1. The third-order valence-electron chi connectivity index (χ3n) is 3.32. The molecule has 1 fully saturated rings. The Hall–Kier alpha value is -0.420. The van der Waals surface area contributed by atoms with Gasteiger partial charge in [0.25, 0.3) is 0 Å². The van der Waals surface area contributed by atoms with Crippen molar-refractivity contribution in [2.24, 2.45) is 11.8 Å². The van der Waals surface area contributed by atoms with Crippen LogP contribution in [0.4, 0.5) is 0 Å². The van der Waals surface area contributed by atoms with Crippen LogP contribution in [0.15, 0.2) is 0 Å². The van der Waals surface area contributed by atoms with Gasteiger partial charge in [-0.1, -0.05) is 13.8 Å². The fraction of sp³-hybridized carbons (Fsp3) is 0.917. The predicted molar refractivity (Wildman–Crippen MR) is 68.2 cm³/mol. The van der Waals surface area contributed by atoms with Gasteiger partial charge in [0.2, 0.25) is 10.0 Å². The van der Waals surface area contributed by atoms with E-state index in [0.29, 0.717) is 18.8 Å². The summed E-state index contributed by atoms with van der Waals surface area (Å²) < 4.78 is 26.3. The van der Waals surface area contributed by atoms with E-state index in [1.807, 2.05) is 13.8 Å². The minimum atomic E-state index is -3.17. The van der Waals surface area contributed by atoms with Gasteiger partial charge < -0.3 is 0 Å². The first-order valence-electron chi connectivity index (χ1n) is 6.30. The number of carbonyl (C=O) groups excluding carboxylic acids is 1. The van der Waals surface area contributed by atoms with Crippen LogP contribution >= 0.6 is 0 Å². The lowest BCUT2D eigenvalue weighted by Gasteiger charge is -2.13. The van der Waals surface area contributed by atoms with Crippen molar-refractivity contribution in [3.05, 3.63) is 0 Å². The van der Waals surface area contributed by atoms with Crippen LogP contribution in [0.25, 0.3) is 0 Å². The predicted octanol–water partition coefficient (Wildman–Crippen LogP) is 1.71. The van der Waals surface area contributed by atoms with E-state index < -0.39 is 10.0 Å². The number of carbonyl (C=O) groups is 1. The lowest BCUT2D eigenvalue weighted by atomic mass is 10.0. The first-order chi connectivity index (χ1) is 7.80. The van der Waals surface area contributed by atoms with Gasteiger partial charge >= 0.3 is 0 Å². The summed E-state index contributed by atoms with van der Waals surface area (Å²) in [4.78, 5) is 11.2. The van der Waals surface area contributed by atoms with E-state index in [2.05, 4.69) is 4.72 Å². The number of sulfonamides is 1. The molecule has 100 valence electrons. The van der Waals surface area contributed by atoms with Crippen LogP contribution in [0.2, 0.25) is 0 Å². The zero-order valence-electron chi connectivity index (χ0n) is 10.9. The van der Waals surface area contributed by atoms with Gasteiger partial charge in [-0.2, -0.15) is 0 Å². The average molecular weight is 261 g/mol. The Kier molecular flexibility index (Phi) is 5.13.